The number of carbonyl (C=O) groups is 3. The Kier molecular flexibility index (Phi) is 3.70. The number of imide groups is 1. The quantitative estimate of drug-likeness (QED) is 0.624. The molecule has 0 saturated carbocycles. The molecular weight excluding hydrogens is 381 g/mol. The van der Waals surface area contributed by atoms with Crippen LogP contribution in [-0.4, -0.2) is 37.4 Å². The van der Waals surface area contributed by atoms with Crippen molar-refractivity contribution in [3.63, 3.8) is 0 Å². The first kappa shape index (κ1) is 17.6. The van der Waals surface area contributed by atoms with Crippen LogP contribution < -0.4 is 0 Å². The number of pyridine rings is 1. The standard InChI is InChI=1S/C17H9F3N4O4/c1-23-12-10(6-21-7-11(12)22-16(23)17(18,19)20)15(27)28-24-13(25)8-4-2-3-5-9(8)14(24)26/h2-7H,1H3. The zero-order valence-corrected chi connectivity index (χ0v) is 14.0. The van der Waals surface area contributed by atoms with E-state index >= 15 is 0 Å². The van der Waals surface area contributed by atoms with Crippen LogP contribution in [0.25, 0.3) is 11.0 Å². The molecule has 0 fully saturated rings. The highest BCUT2D eigenvalue weighted by molar-refractivity contribution is 6.21. The van der Waals surface area contributed by atoms with Crippen LogP contribution in [-0.2, 0) is 18.1 Å². The van der Waals surface area contributed by atoms with Gasteiger partial charge < -0.3 is 9.40 Å². The predicted octanol–water partition coefficient (Wildman–Crippen LogP) is 2.36. The summed E-state index contributed by atoms with van der Waals surface area (Å²) in [7, 11) is 1.08. The molecule has 0 radical (unpaired) electrons. The van der Waals surface area contributed by atoms with Gasteiger partial charge in [0.15, 0.2) is 0 Å². The third kappa shape index (κ3) is 2.51. The Morgan fingerprint density at radius 1 is 1.07 bits per heavy atom. The summed E-state index contributed by atoms with van der Waals surface area (Å²) in [5.41, 5.74) is -0.650. The summed E-state index contributed by atoms with van der Waals surface area (Å²) in [5.74, 6) is -4.15. The van der Waals surface area contributed by atoms with Gasteiger partial charge in [-0.3, -0.25) is 14.6 Å². The lowest BCUT2D eigenvalue weighted by molar-refractivity contribution is -0.146. The van der Waals surface area contributed by atoms with Gasteiger partial charge in [0, 0.05) is 13.2 Å². The van der Waals surface area contributed by atoms with Gasteiger partial charge >= 0.3 is 12.1 Å². The fourth-order valence-electron chi connectivity index (χ4n) is 2.96. The van der Waals surface area contributed by atoms with E-state index in [-0.39, 0.29) is 32.8 Å². The summed E-state index contributed by atoms with van der Waals surface area (Å²) >= 11 is 0. The lowest BCUT2D eigenvalue weighted by atomic mass is 10.1. The molecule has 8 nitrogen and oxygen atoms in total. The monoisotopic (exact) mass is 390 g/mol. The van der Waals surface area contributed by atoms with Crippen molar-refractivity contribution >= 4 is 28.8 Å². The molecule has 0 N–H and O–H groups in total. The highest BCUT2D eigenvalue weighted by Crippen LogP contribution is 2.32. The van der Waals surface area contributed by atoms with Crippen LogP contribution in [0.2, 0.25) is 0 Å². The van der Waals surface area contributed by atoms with E-state index in [0.29, 0.717) is 4.57 Å². The first-order valence-corrected chi connectivity index (χ1v) is 7.78. The Morgan fingerprint density at radius 2 is 1.68 bits per heavy atom. The number of alkyl halides is 3. The van der Waals surface area contributed by atoms with E-state index in [1.54, 1.807) is 0 Å². The van der Waals surface area contributed by atoms with Crippen LogP contribution in [0, 0.1) is 0 Å². The van der Waals surface area contributed by atoms with E-state index in [4.69, 9.17) is 4.84 Å². The Balaban J connectivity index is 1.72. The zero-order valence-electron chi connectivity index (χ0n) is 14.0. The van der Waals surface area contributed by atoms with Crippen molar-refractivity contribution in [2.24, 2.45) is 7.05 Å². The number of aryl methyl sites for hydroxylation is 1. The first-order chi connectivity index (χ1) is 13.2. The topological polar surface area (TPSA) is 94.4 Å². The number of hydrogen-bond donors (Lipinski definition) is 0. The average Bonchev–Trinajstić information content (AvgIpc) is 3.12. The summed E-state index contributed by atoms with van der Waals surface area (Å²) in [6, 6.07) is 5.85. The zero-order chi connectivity index (χ0) is 20.2. The Bertz CT molecular complexity index is 1130. The second-order valence-electron chi connectivity index (χ2n) is 5.88. The van der Waals surface area contributed by atoms with E-state index in [1.807, 2.05) is 0 Å². The summed E-state index contributed by atoms with van der Waals surface area (Å²) in [4.78, 5) is 49.1. The van der Waals surface area contributed by atoms with E-state index in [2.05, 4.69) is 9.97 Å². The second kappa shape index (κ2) is 5.87. The molecule has 28 heavy (non-hydrogen) atoms. The van der Waals surface area contributed by atoms with Gasteiger partial charge in [-0.25, -0.2) is 9.78 Å². The maximum absolute atomic E-state index is 13.1. The number of rotatable bonds is 2. The number of nitrogens with zero attached hydrogens (tertiary/aromatic N) is 4. The van der Waals surface area contributed by atoms with Crippen LogP contribution in [0.3, 0.4) is 0 Å². The van der Waals surface area contributed by atoms with Crippen molar-refractivity contribution in [3.05, 3.63) is 59.2 Å². The summed E-state index contributed by atoms with van der Waals surface area (Å²) < 4.78 is 39.9. The van der Waals surface area contributed by atoms with Crippen LogP contribution in [0.1, 0.15) is 36.9 Å². The van der Waals surface area contributed by atoms with Crippen molar-refractivity contribution in [2.75, 3.05) is 0 Å². The fraction of sp³-hybridized carbons (Fsp3) is 0.118. The van der Waals surface area contributed by atoms with E-state index < -0.39 is 29.8 Å². The van der Waals surface area contributed by atoms with Gasteiger partial charge in [-0.05, 0) is 12.1 Å². The van der Waals surface area contributed by atoms with Crippen LogP contribution in [0.15, 0.2) is 36.7 Å². The summed E-state index contributed by atoms with van der Waals surface area (Å²) in [5, 5.41) is 0.271. The smallest absolute Gasteiger partial charge is 0.324 e. The molecule has 0 aliphatic carbocycles. The van der Waals surface area contributed by atoms with Crippen molar-refractivity contribution in [3.8, 4) is 0 Å². The molecule has 3 aromatic rings. The highest BCUT2D eigenvalue weighted by Gasteiger charge is 2.40. The molecule has 142 valence electrons. The van der Waals surface area contributed by atoms with Gasteiger partial charge in [0.1, 0.15) is 11.1 Å². The molecule has 0 saturated heterocycles. The normalized spacial score (nSPS) is 13.9. The van der Waals surface area contributed by atoms with Crippen molar-refractivity contribution in [1.82, 2.24) is 19.6 Å². The van der Waals surface area contributed by atoms with E-state index in [0.717, 1.165) is 19.4 Å². The van der Waals surface area contributed by atoms with Crippen molar-refractivity contribution in [1.29, 1.82) is 0 Å². The second-order valence-corrected chi connectivity index (χ2v) is 5.88. The minimum Gasteiger partial charge on any atom is -0.324 e. The Morgan fingerprint density at radius 3 is 2.25 bits per heavy atom. The number of aromatic nitrogens is 3. The van der Waals surface area contributed by atoms with Crippen LogP contribution in [0.4, 0.5) is 13.2 Å². The van der Waals surface area contributed by atoms with Gasteiger partial charge in [-0.2, -0.15) is 13.2 Å². The number of amides is 2. The summed E-state index contributed by atoms with van der Waals surface area (Å²) in [6.07, 6.45) is -2.72. The van der Waals surface area contributed by atoms with E-state index in [1.165, 1.54) is 24.3 Å². The molecular formula is C17H9F3N4O4. The van der Waals surface area contributed by atoms with Crippen LogP contribution >= 0.6 is 0 Å². The third-order valence-corrected chi connectivity index (χ3v) is 4.18. The van der Waals surface area contributed by atoms with Crippen molar-refractivity contribution < 1.29 is 32.4 Å². The van der Waals surface area contributed by atoms with Gasteiger partial charge in [-0.1, -0.05) is 17.2 Å². The largest absolute Gasteiger partial charge is 0.449 e. The van der Waals surface area contributed by atoms with Crippen LogP contribution in [0.5, 0.6) is 0 Å². The maximum Gasteiger partial charge on any atom is 0.449 e. The van der Waals surface area contributed by atoms with Gasteiger partial charge in [-0.15, -0.1) is 0 Å². The number of hydrogen-bond acceptors (Lipinski definition) is 6. The molecule has 0 unspecified atom stereocenters. The molecule has 0 atom stereocenters. The van der Waals surface area contributed by atoms with Gasteiger partial charge in [0.2, 0.25) is 5.82 Å². The maximum atomic E-state index is 13.1. The minimum atomic E-state index is -4.75. The van der Waals surface area contributed by atoms with Crippen molar-refractivity contribution in [2.45, 2.75) is 6.18 Å². The number of hydroxylamine groups is 2. The molecule has 0 bridgehead atoms. The highest BCUT2D eigenvalue weighted by atomic mass is 19.4. The first-order valence-electron chi connectivity index (χ1n) is 7.78. The Hall–Kier alpha value is -3.76. The molecule has 2 aromatic heterocycles. The number of fused-ring (bicyclic) bond motifs is 2. The molecule has 0 spiro atoms. The summed E-state index contributed by atoms with van der Waals surface area (Å²) in [6.45, 7) is 0. The molecule has 1 aromatic carbocycles. The SMILES string of the molecule is Cn1c(C(F)(F)F)nc2cncc(C(=O)ON3C(=O)c4ccccc4C3=O)c21. The molecule has 2 amide bonds. The molecule has 1 aliphatic heterocycles. The van der Waals surface area contributed by atoms with E-state index in [9.17, 15) is 27.6 Å². The number of halogens is 3. The molecule has 4 rings (SSSR count). The Labute approximate surface area is 154 Å². The number of imidazole rings is 1. The predicted molar refractivity (Wildman–Crippen MR) is 85.9 cm³/mol. The fourth-order valence-corrected chi connectivity index (χ4v) is 2.96. The minimum absolute atomic E-state index is 0.0523. The van der Waals surface area contributed by atoms with Gasteiger partial charge in [0.05, 0.1) is 22.8 Å². The lowest BCUT2D eigenvalue weighted by Gasteiger charge is -2.13. The molecule has 3 heterocycles. The molecule has 11 heteroatoms. The average molecular weight is 390 g/mol. The number of carbonyl (C=O) groups excluding carboxylic acids is 3. The third-order valence-electron chi connectivity index (χ3n) is 4.18. The lowest BCUT2D eigenvalue weighted by Crippen LogP contribution is -2.32. The number of benzene rings is 1. The molecule has 1 aliphatic rings. The van der Waals surface area contributed by atoms with Gasteiger partial charge in [0.25, 0.3) is 11.8 Å².